The third-order valence-corrected chi connectivity index (χ3v) is 3.42. The van der Waals surface area contributed by atoms with E-state index in [2.05, 4.69) is 9.72 Å². The van der Waals surface area contributed by atoms with Crippen LogP contribution in [-0.2, 0) is 0 Å². The van der Waals surface area contributed by atoms with E-state index in [1.807, 2.05) is 0 Å². The predicted molar refractivity (Wildman–Crippen MR) is 79.7 cm³/mol. The van der Waals surface area contributed by atoms with Crippen molar-refractivity contribution < 1.29 is 26.7 Å². The zero-order chi connectivity index (χ0) is 17.3. The van der Waals surface area contributed by atoms with E-state index in [1.54, 1.807) is 24.3 Å². The standard InChI is InChI=1S/C17H10F5NO/c18-16(19)15(13-9-23-14-4-2-1-3-12(13)14)10-5-7-11(8-6-10)24-17(20,21)22/h1-9,23H. The highest BCUT2D eigenvalue weighted by Crippen LogP contribution is 2.34. The molecule has 2 aromatic carbocycles. The average molecular weight is 339 g/mol. The van der Waals surface area contributed by atoms with Crippen molar-refractivity contribution in [3.8, 4) is 5.75 Å². The van der Waals surface area contributed by atoms with Gasteiger partial charge in [-0.25, -0.2) is 0 Å². The molecule has 0 bridgehead atoms. The number of hydrogen-bond donors (Lipinski definition) is 1. The second kappa shape index (κ2) is 5.99. The number of ether oxygens (including phenoxy) is 1. The van der Waals surface area contributed by atoms with Gasteiger partial charge in [-0.15, -0.1) is 13.2 Å². The maximum absolute atomic E-state index is 13.5. The second-order valence-electron chi connectivity index (χ2n) is 4.96. The van der Waals surface area contributed by atoms with Gasteiger partial charge in [-0.05, 0) is 23.8 Å². The van der Waals surface area contributed by atoms with E-state index < -0.39 is 18.2 Å². The highest BCUT2D eigenvalue weighted by molar-refractivity contribution is 5.97. The van der Waals surface area contributed by atoms with Gasteiger partial charge in [0.05, 0.1) is 5.57 Å². The summed E-state index contributed by atoms with van der Waals surface area (Å²) in [7, 11) is 0. The molecule has 2 nitrogen and oxygen atoms in total. The minimum atomic E-state index is -4.83. The fourth-order valence-corrected chi connectivity index (χ4v) is 2.47. The van der Waals surface area contributed by atoms with Crippen LogP contribution < -0.4 is 4.74 Å². The Morgan fingerprint density at radius 1 is 0.917 bits per heavy atom. The van der Waals surface area contributed by atoms with Gasteiger partial charge in [0, 0.05) is 22.7 Å². The Hall–Kier alpha value is -2.83. The lowest BCUT2D eigenvalue weighted by atomic mass is 9.98. The number of halogens is 5. The molecule has 0 saturated carbocycles. The second-order valence-corrected chi connectivity index (χ2v) is 4.96. The maximum Gasteiger partial charge on any atom is 0.573 e. The summed E-state index contributed by atoms with van der Waals surface area (Å²) in [4.78, 5) is 2.89. The number of hydrogen-bond acceptors (Lipinski definition) is 1. The van der Waals surface area contributed by atoms with Gasteiger partial charge < -0.3 is 9.72 Å². The molecule has 0 radical (unpaired) electrons. The van der Waals surface area contributed by atoms with Gasteiger partial charge in [-0.2, -0.15) is 8.78 Å². The van der Waals surface area contributed by atoms with Crippen LogP contribution in [-0.4, -0.2) is 11.3 Å². The van der Waals surface area contributed by atoms with Gasteiger partial charge in [0.15, 0.2) is 0 Å². The zero-order valence-corrected chi connectivity index (χ0v) is 12.0. The third kappa shape index (κ3) is 3.24. The van der Waals surface area contributed by atoms with E-state index in [0.29, 0.717) is 10.9 Å². The van der Waals surface area contributed by atoms with Crippen molar-refractivity contribution in [2.45, 2.75) is 6.36 Å². The smallest absolute Gasteiger partial charge is 0.406 e. The maximum atomic E-state index is 13.5. The van der Waals surface area contributed by atoms with Crippen LogP contribution in [0.15, 0.2) is 60.8 Å². The van der Waals surface area contributed by atoms with Crippen LogP contribution in [0.3, 0.4) is 0 Å². The lowest BCUT2D eigenvalue weighted by Gasteiger charge is -2.10. The number of nitrogens with one attached hydrogen (secondary N) is 1. The summed E-state index contributed by atoms with van der Waals surface area (Å²) in [5.74, 6) is -0.469. The van der Waals surface area contributed by atoms with Gasteiger partial charge >= 0.3 is 6.36 Å². The molecule has 0 aliphatic carbocycles. The summed E-state index contributed by atoms with van der Waals surface area (Å²) in [5, 5.41) is 0.593. The highest BCUT2D eigenvalue weighted by Gasteiger charge is 2.31. The van der Waals surface area contributed by atoms with Crippen molar-refractivity contribution in [3.05, 3.63) is 71.9 Å². The van der Waals surface area contributed by atoms with Gasteiger partial charge in [0.1, 0.15) is 5.75 Å². The topological polar surface area (TPSA) is 25.0 Å². The molecule has 0 unspecified atom stereocenters. The molecule has 0 amide bonds. The molecule has 1 heterocycles. The number of rotatable bonds is 3. The quantitative estimate of drug-likeness (QED) is 0.606. The molecule has 1 N–H and O–H groups in total. The fraction of sp³-hybridized carbons (Fsp3) is 0.0588. The van der Waals surface area contributed by atoms with Crippen LogP contribution in [0.5, 0.6) is 5.75 Å². The van der Waals surface area contributed by atoms with E-state index in [0.717, 1.165) is 24.3 Å². The average Bonchev–Trinajstić information content (AvgIpc) is 2.91. The fourth-order valence-electron chi connectivity index (χ4n) is 2.47. The lowest BCUT2D eigenvalue weighted by molar-refractivity contribution is -0.274. The number of benzene rings is 2. The lowest BCUT2D eigenvalue weighted by Crippen LogP contribution is -2.17. The molecule has 124 valence electrons. The molecule has 0 aliphatic rings. The van der Waals surface area contributed by atoms with Crippen LogP contribution in [0.25, 0.3) is 16.5 Å². The Kier molecular flexibility index (Phi) is 4.01. The van der Waals surface area contributed by atoms with Crippen molar-refractivity contribution in [1.29, 1.82) is 0 Å². The highest BCUT2D eigenvalue weighted by atomic mass is 19.4. The first kappa shape index (κ1) is 16.0. The van der Waals surface area contributed by atoms with E-state index in [1.165, 1.54) is 6.20 Å². The molecule has 0 aliphatic heterocycles. The summed E-state index contributed by atoms with van der Waals surface area (Å²) < 4.78 is 67.3. The van der Waals surface area contributed by atoms with Crippen molar-refractivity contribution >= 4 is 16.5 Å². The Morgan fingerprint density at radius 3 is 2.21 bits per heavy atom. The summed E-state index contributed by atoms with van der Waals surface area (Å²) in [6, 6.07) is 11.2. The zero-order valence-electron chi connectivity index (χ0n) is 12.0. The number of para-hydroxylation sites is 1. The van der Waals surface area contributed by atoms with Gasteiger partial charge in [0.2, 0.25) is 0 Å². The van der Waals surface area contributed by atoms with Crippen molar-refractivity contribution in [2.75, 3.05) is 0 Å². The van der Waals surface area contributed by atoms with Crippen LogP contribution in [0.4, 0.5) is 22.0 Å². The SMILES string of the molecule is FC(F)=C(c1ccc(OC(F)(F)F)cc1)c1c[nH]c2ccccc12. The van der Waals surface area contributed by atoms with Gasteiger partial charge in [0.25, 0.3) is 6.08 Å². The van der Waals surface area contributed by atoms with Crippen molar-refractivity contribution in [2.24, 2.45) is 0 Å². The molecule has 24 heavy (non-hydrogen) atoms. The predicted octanol–water partition coefficient (Wildman–Crippen LogP) is 5.72. The molecular formula is C17H10F5NO. The molecule has 3 aromatic rings. The number of aromatic amines is 1. The molecular weight excluding hydrogens is 329 g/mol. The van der Waals surface area contributed by atoms with Crippen LogP contribution in [0, 0.1) is 0 Å². The normalized spacial score (nSPS) is 11.5. The number of H-pyrrole nitrogens is 1. The Morgan fingerprint density at radius 2 is 1.58 bits per heavy atom. The Balaban J connectivity index is 2.03. The molecule has 0 atom stereocenters. The van der Waals surface area contributed by atoms with E-state index in [9.17, 15) is 22.0 Å². The summed E-state index contributed by atoms with van der Waals surface area (Å²) >= 11 is 0. The van der Waals surface area contributed by atoms with E-state index in [-0.39, 0.29) is 16.7 Å². The van der Waals surface area contributed by atoms with Crippen molar-refractivity contribution in [1.82, 2.24) is 4.98 Å². The van der Waals surface area contributed by atoms with Crippen LogP contribution in [0.2, 0.25) is 0 Å². The minimum Gasteiger partial charge on any atom is -0.406 e. The molecule has 3 rings (SSSR count). The molecule has 7 heteroatoms. The number of fused-ring (bicyclic) bond motifs is 1. The van der Waals surface area contributed by atoms with E-state index in [4.69, 9.17) is 0 Å². The minimum absolute atomic E-state index is 0.0919. The van der Waals surface area contributed by atoms with Crippen LogP contribution in [0.1, 0.15) is 11.1 Å². The first-order chi connectivity index (χ1) is 11.3. The summed E-state index contributed by atoms with van der Waals surface area (Å²) in [6.07, 6.45) is -5.31. The first-order valence-electron chi connectivity index (χ1n) is 6.83. The number of aromatic nitrogens is 1. The molecule has 0 fully saturated rings. The Bertz CT molecular complexity index is 889. The number of alkyl halides is 3. The first-order valence-corrected chi connectivity index (χ1v) is 6.83. The van der Waals surface area contributed by atoms with Crippen molar-refractivity contribution in [3.63, 3.8) is 0 Å². The third-order valence-electron chi connectivity index (χ3n) is 3.42. The summed E-state index contributed by atoms with van der Waals surface area (Å²) in [5.41, 5.74) is 0.707. The molecule has 0 spiro atoms. The van der Waals surface area contributed by atoms with Gasteiger partial charge in [-0.1, -0.05) is 30.3 Å². The van der Waals surface area contributed by atoms with Crippen LogP contribution >= 0.6 is 0 Å². The monoisotopic (exact) mass is 339 g/mol. The largest absolute Gasteiger partial charge is 0.573 e. The Labute approximate surface area is 133 Å². The molecule has 1 aromatic heterocycles. The summed E-state index contributed by atoms with van der Waals surface area (Å²) in [6.45, 7) is 0. The molecule has 0 saturated heterocycles. The van der Waals surface area contributed by atoms with Gasteiger partial charge in [-0.3, -0.25) is 0 Å². The van der Waals surface area contributed by atoms with E-state index >= 15 is 0 Å².